The molecule has 4 rings (SSSR count). The van der Waals surface area contributed by atoms with E-state index in [1.165, 1.54) is 36.4 Å². The number of methoxy groups -OCH3 is 1. The van der Waals surface area contributed by atoms with E-state index in [-0.39, 0.29) is 27.5 Å². The largest absolute Gasteiger partial charge is 0.496 e. The second-order valence-electron chi connectivity index (χ2n) is 7.23. The van der Waals surface area contributed by atoms with Crippen LogP contribution >= 0.6 is 0 Å². The fourth-order valence-corrected chi connectivity index (χ4v) is 5.41. The number of rotatable bonds is 6. The molecular weight excluding hydrogens is 366 g/mol. The Balaban J connectivity index is 1.49. The van der Waals surface area contributed by atoms with Crippen molar-refractivity contribution in [2.45, 2.75) is 29.6 Å². The van der Waals surface area contributed by atoms with Crippen molar-refractivity contribution < 1.29 is 23.1 Å². The van der Waals surface area contributed by atoms with Crippen molar-refractivity contribution in [3.63, 3.8) is 0 Å². The van der Waals surface area contributed by atoms with Gasteiger partial charge in [-0.25, -0.2) is 17.9 Å². The lowest BCUT2D eigenvalue weighted by molar-refractivity contribution is 0.0693. The Bertz CT molecular complexity index is 1020. The Morgan fingerprint density at radius 2 is 2.07 bits per heavy atom. The Labute approximate surface area is 158 Å². The third-order valence-corrected chi connectivity index (χ3v) is 7.28. The molecule has 0 aliphatic heterocycles. The highest BCUT2D eigenvalue weighted by Crippen LogP contribution is 2.61. The van der Waals surface area contributed by atoms with Gasteiger partial charge in [-0.15, -0.1) is 0 Å². The molecule has 0 amide bonds. The van der Waals surface area contributed by atoms with Crippen LogP contribution in [0.4, 0.5) is 0 Å². The molecular formula is C20H21NO5S. The molecule has 2 aliphatic rings. The van der Waals surface area contributed by atoms with E-state index in [1.54, 1.807) is 0 Å². The molecule has 1 fully saturated rings. The lowest BCUT2D eigenvalue weighted by Crippen LogP contribution is -2.28. The van der Waals surface area contributed by atoms with Crippen LogP contribution in [0, 0.1) is 5.92 Å². The van der Waals surface area contributed by atoms with E-state index in [9.17, 15) is 13.2 Å². The van der Waals surface area contributed by atoms with Gasteiger partial charge < -0.3 is 9.84 Å². The van der Waals surface area contributed by atoms with Crippen molar-refractivity contribution in [2.24, 2.45) is 5.92 Å². The van der Waals surface area contributed by atoms with Crippen LogP contribution in [0.3, 0.4) is 0 Å². The molecule has 7 heteroatoms. The van der Waals surface area contributed by atoms with Gasteiger partial charge in [-0.2, -0.15) is 0 Å². The van der Waals surface area contributed by atoms with Crippen LogP contribution < -0.4 is 9.46 Å². The molecule has 142 valence electrons. The smallest absolute Gasteiger partial charge is 0.339 e. The summed E-state index contributed by atoms with van der Waals surface area (Å²) in [6.07, 6.45) is 3.11. The molecule has 1 spiro atoms. The van der Waals surface area contributed by atoms with E-state index in [4.69, 9.17) is 9.84 Å². The maximum Gasteiger partial charge on any atom is 0.339 e. The number of fused-ring (bicyclic) bond motifs is 2. The Morgan fingerprint density at radius 3 is 2.81 bits per heavy atom. The van der Waals surface area contributed by atoms with Gasteiger partial charge in [-0.3, -0.25) is 0 Å². The number of sulfonamides is 1. The number of hydrogen-bond donors (Lipinski definition) is 2. The second kappa shape index (κ2) is 6.35. The second-order valence-corrected chi connectivity index (χ2v) is 9.00. The molecule has 2 aromatic carbocycles. The van der Waals surface area contributed by atoms with Crippen LogP contribution in [0.25, 0.3) is 0 Å². The van der Waals surface area contributed by atoms with Crippen molar-refractivity contribution in [3.8, 4) is 5.75 Å². The topological polar surface area (TPSA) is 92.7 Å². The number of ether oxygens (including phenoxy) is 1. The summed E-state index contributed by atoms with van der Waals surface area (Å²) < 4.78 is 33.0. The Kier molecular flexibility index (Phi) is 4.24. The number of carboxylic acid groups (broad SMARTS) is 1. The van der Waals surface area contributed by atoms with Crippen LogP contribution in [0.2, 0.25) is 0 Å². The van der Waals surface area contributed by atoms with E-state index < -0.39 is 16.0 Å². The first-order valence-electron chi connectivity index (χ1n) is 8.87. The summed E-state index contributed by atoms with van der Waals surface area (Å²) in [5.41, 5.74) is 2.78. The maximum atomic E-state index is 12.6. The fourth-order valence-electron chi connectivity index (χ4n) is 4.31. The van der Waals surface area contributed by atoms with Crippen molar-refractivity contribution in [3.05, 3.63) is 59.2 Å². The fraction of sp³-hybridized carbons (Fsp3) is 0.350. The number of carboxylic acids is 1. The third kappa shape index (κ3) is 3.00. The van der Waals surface area contributed by atoms with Crippen LogP contribution in [0.1, 0.15) is 34.3 Å². The summed E-state index contributed by atoms with van der Waals surface area (Å²) in [6.45, 7) is 0.375. The van der Waals surface area contributed by atoms with Crippen molar-refractivity contribution in [1.82, 2.24) is 4.72 Å². The van der Waals surface area contributed by atoms with E-state index in [0.717, 1.165) is 19.3 Å². The van der Waals surface area contributed by atoms with E-state index in [2.05, 4.69) is 16.9 Å². The third-order valence-electron chi connectivity index (χ3n) is 5.86. The molecule has 6 nitrogen and oxygen atoms in total. The van der Waals surface area contributed by atoms with Gasteiger partial charge in [-0.05, 0) is 48.4 Å². The van der Waals surface area contributed by atoms with Gasteiger partial charge in [0.1, 0.15) is 11.3 Å². The molecule has 0 bridgehead atoms. The molecule has 2 aromatic rings. The van der Waals surface area contributed by atoms with Gasteiger partial charge in [0.25, 0.3) is 0 Å². The van der Waals surface area contributed by atoms with Crippen LogP contribution in [0.15, 0.2) is 47.4 Å². The molecule has 0 radical (unpaired) electrons. The zero-order valence-corrected chi connectivity index (χ0v) is 15.8. The van der Waals surface area contributed by atoms with Crippen LogP contribution in [0.5, 0.6) is 5.75 Å². The standard InChI is InChI=1S/C20H21NO5S/c1-26-18-10-15(6-7-16(18)19(22)23)27(24,25)21-12-14-11-20(14)9-8-13-4-2-3-5-17(13)20/h2-7,10,14,21H,8-9,11-12H2,1H3,(H,22,23). The molecule has 2 unspecified atom stereocenters. The molecule has 27 heavy (non-hydrogen) atoms. The Hall–Kier alpha value is -2.38. The minimum atomic E-state index is -3.74. The summed E-state index contributed by atoms with van der Waals surface area (Å²) in [4.78, 5) is 11.2. The van der Waals surface area contributed by atoms with Gasteiger partial charge in [0.15, 0.2) is 0 Å². The molecule has 2 atom stereocenters. The highest BCUT2D eigenvalue weighted by atomic mass is 32.2. The normalized spacial score (nSPS) is 23.2. The first kappa shape index (κ1) is 18.0. The number of hydrogen-bond acceptors (Lipinski definition) is 4. The highest BCUT2D eigenvalue weighted by Gasteiger charge is 2.57. The number of aryl methyl sites for hydroxylation is 1. The monoisotopic (exact) mass is 387 g/mol. The first-order valence-corrected chi connectivity index (χ1v) is 10.3. The molecule has 2 aliphatic carbocycles. The average molecular weight is 387 g/mol. The van der Waals surface area contributed by atoms with Gasteiger partial charge in [-0.1, -0.05) is 24.3 Å². The Morgan fingerprint density at radius 1 is 1.30 bits per heavy atom. The summed E-state index contributed by atoms with van der Waals surface area (Å²) in [6, 6.07) is 12.2. The van der Waals surface area contributed by atoms with Crippen molar-refractivity contribution in [2.75, 3.05) is 13.7 Å². The predicted molar refractivity (Wildman–Crippen MR) is 99.7 cm³/mol. The number of aromatic carboxylic acids is 1. The van der Waals surface area contributed by atoms with Crippen molar-refractivity contribution >= 4 is 16.0 Å². The zero-order valence-electron chi connectivity index (χ0n) is 14.9. The lowest BCUT2D eigenvalue weighted by atomic mass is 9.95. The van der Waals surface area contributed by atoms with Gasteiger partial charge >= 0.3 is 5.97 Å². The zero-order chi connectivity index (χ0) is 19.2. The van der Waals surface area contributed by atoms with E-state index in [0.29, 0.717) is 6.54 Å². The summed E-state index contributed by atoms with van der Waals surface area (Å²) in [5.74, 6) is -0.849. The molecule has 2 N–H and O–H groups in total. The predicted octanol–water partition coefficient (Wildman–Crippen LogP) is 2.58. The first-order chi connectivity index (χ1) is 12.9. The average Bonchev–Trinajstić information content (AvgIpc) is 3.26. The molecule has 0 aromatic heterocycles. The van der Waals surface area contributed by atoms with Gasteiger partial charge in [0.2, 0.25) is 10.0 Å². The lowest BCUT2D eigenvalue weighted by Gasteiger charge is -2.13. The van der Waals surface area contributed by atoms with Gasteiger partial charge in [0.05, 0.1) is 12.0 Å². The summed E-state index contributed by atoms with van der Waals surface area (Å²) in [5, 5.41) is 9.13. The van der Waals surface area contributed by atoms with Crippen LogP contribution in [-0.4, -0.2) is 33.1 Å². The van der Waals surface area contributed by atoms with Crippen molar-refractivity contribution in [1.29, 1.82) is 0 Å². The quantitative estimate of drug-likeness (QED) is 0.795. The minimum absolute atomic E-state index is 0.00544. The number of nitrogens with one attached hydrogen (secondary N) is 1. The number of benzene rings is 2. The van der Waals surface area contributed by atoms with Crippen LogP contribution in [-0.2, 0) is 21.9 Å². The van der Waals surface area contributed by atoms with E-state index >= 15 is 0 Å². The SMILES string of the molecule is COc1cc(S(=O)(=O)NCC2CC23CCc2ccccc23)ccc1C(=O)O. The molecule has 0 heterocycles. The summed E-state index contributed by atoms with van der Waals surface area (Å²) >= 11 is 0. The minimum Gasteiger partial charge on any atom is -0.496 e. The molecule has 1 saturated carbocycles. The number of carbonyl (C=O) groups is 1. The summed E-state index contributed by atoms with van der Waals surface area (Å²) in [7, 11) is -2.42. The molecule has 0 saturated heterocycles. The van der Waals surface area contributed by atoms with E-state index in [1.807, 2.05) is 12.1 Å². The highest BCUT2D eigenvalue weighted by molar-refractivity contribution is 7.89. The maximum absolute atomic E-state index is 12.6. The van der Waals surface area contributed by atoms with Gasteiger partial charge in [0, 0.05) is 18.0 Å².